The van der Waals surface area contributed by atoms with Gasteiger partial charge < -0.3 is 0 Å². The van der Waals surface area contributed by atoms with Crippen molar-refractivity contribution in [1.82, 2.24) is 14.6 Å². The van der Waals surface area contributed by atoms with Crippen LogP contribution in [0.15, 0.2) is 54.2 Å². The molecule has 0 spiro atoms. The molecule has 0 bridgehead atoms. The third kappa shape index (κ3) is 3.40. The summed E-state index contributed by atoms with van der Waals surface area (Å²) in [7, 11) is -2.35. The van der Waals surface area contributed by atoms with E-state index in [-0.39, 0.29) is 11.5 Å². The number of carbonyl (C=O) groups is 1. The van der Waals surface area contributed by atoms with Gasteiger partial charge >= 0.3 is 0 Å². The Kier molecular flexibility index (Phi) is 4.67. The number of rotatable bonds is 5. The van der Waals surface area contributed by atoms with E-state index in [1.807, 2.05) is 5.38 Å². The molecule has 0 saturated carbocycles. The monoisotopic (exact) mass is 430 g/mol. The molecule has 0 saturated heterocycles. The van der Waals surface area contributed by atoms with Crippen LogP contribution in [0.1, 0.15) is 15.2 Å². The third-order valence-corrected chi connectivity index (χ3v) is 6.53. The first kappa shape index (κ1) is 19.2. The number of nitrogens with zero attached hydrogens (tertiary/aromatic N) is 4. The maximum absolute atomic E-state index is 14.3. The van der Waals surface area contributed by atoms with Crippen LogP contribution in [0.5, 0.6) is 0 Å². The quantitative estimate of drug-likeness (QED) is 0.454. The number of fused-ring (bicyclic) bond motifs is 1. The molecule has 0 fully saturated rings. The van der Waals surface area contributed by atoms with E-state index in [1.165, 1.54) is 53.5 Å². The Morgan fingerprint density at radius 2 is 2.03 bits per heavy atom. The first-order valence-electron chi connectivity index (χ1n) is 8.42. The van der Waals surface area contributed by atoms with Crippen molar-refractivity contribution < 1.29 is 17.6 Å². The van der Waals surface area contributed by atoms with Gasteiger partial charge in [-0.1, -0.05) is 6.07 Å². The molecule has 148 valence electrons. The zero-order chi connectivity index (χ0) is 20.8. The first-order valence-corrected chi connectivity index (χ1v) is 11.1. The lowest BCUT2D eigenvalue weighted by Crippen LogP contribution is -2.25. The van der Waals surface area contributed by atoms with Crippen molar-refractivity contribution in [3.8, 4) is 11.3 Å². The van der Waals surface area contributed by atoms with E-state index in [1.54, 1.807) is 18.2 Å². The summed E-state index contributed by atoms with van der Waals surface area (Å²) >= 11 is 1.33. The summed E-state index contributed by atoms with van der Waals surface area (Å²) in [5.74, 6) is -0.850. The van der Waals surface area contributed by atoms with Crippen LogP contribution in [-0.2, 0) is 10.0 Å². The highest BCUT2D eigenvalue weighted by atomic mass is 32.2. The number of sulfonamides is 1. The second kappa shape index (κ2) is 7.05. The lowest BCUT2D eigenvalue weighted by molar-refractivity contribution is 0.104. The third-order valence-electron chi connectivity index (χ3n) is 4.47. The second-order valence-electron chi connectivity index (χ2n) is 6.33. The predicted octanol–water partition coefficient (Wildman–Crippen LogP) is 3.22. The van der Waals surface area contributed by atoms with Crippen LogP contribution in [-0.4, -0.2) is 42.1 Å². The van der Waals surface area contributed by atoms with E-state index in [9.17, 15) is 17.6 Å². The largest absolute Gasteiger partial charge is 0.287 e. The highest BCUT2D eigenvalue weighted by molar-refractivity contribution is 7.92. The number of aromatic nitrogens is 3. The van der Waals surface area contributed by atoms with Crippen LogP contribution in [0.3, 0.4) is 0 Å². The summed E-state index contributed by atoms with van der Waals surface area (Å²) in [6, 6.07) is 9.32. The number of halogens is 1. The Balaban J connectivity index is 1.85. The van der Waals surface area contributed by atoms with Gasteiger partial charge in [0.25, 0.3) is 0 Å². The molecule has 3 heterocycles. The van der Waals surface area contributed by atoms with Gasteiger partial charge in [-0.25, -0.2) is 22.3 Å². The molecule has 4 aromatic rings. The smallest absolute Gasteiger partial charge is 0.232 e. The summed E-state index contributed by atoms with van der Waals surface area (Å²) in [6.45, 7) is 0. The van der Waals surface area contributed by atoms with Crippen LogP contribution in [0.4, 0.5) is 10.1 Å². The summed E-state index contributed by atoms with van der Waals surface area (Å²) < 4.78 is 40.3. The van der Waals surface area contributed by atoms with Crippen molar-refractivity contribution in [2.24, 2.45) is 0 Å². The molecule has 1 aromatic carbocycles. The Morgan fingerprint density at radius 3 is 2.72 bits per heavy atom. The number of hydrogen-bond donors (Lipinski definition) is 0. The van der Waals surface area contributed by atoms with E-state index in [2.05, 4.69) is 10.1 Å². The molecular formula is C19H15FN4O3S2. The van der Waals surface area contributed by atoms with E-state index < -0.39 is 15.8 Å². The minimum atomic E-state index is -3.64. The first-order chi connectivity index (χ1) is 13.8. The zero-order valence-electron chi connectivity index (χ0n) is 15.4. The molecule has 3 aromatic heterocycles. The zero-order valence-corrected chi connectivity index (χ0v) is 17.0. The fourth-order valence-electron chi connectivity index (χ4n) is 2.90. The van der Waals surface area contributed by atoms with Crippen LogP contribution in [0, 0.1) is 5.82 Å². The molecule has 0 N–H and O–H groups in total. The predicted molar refractivity (Wildman–Crippen MR) is 109 cm³/mol. The lowest BCUT2D eigenvalue weighted by atomic mass is 10.1. The molecule has 7 nitrogen and oxygen atoms in total. The maximum Gasteiger partial charge on any atom is 0.232 e. The van der Waals surface area contributed by atoms with E-state index >= 15 is 0 Å². The SMILES string of the molecule is CN(c1cc(-c2ccnc3c(C(=O)c4cccs4)cnn23)ccc1F)S(C)(=O)=O. The molecule has 10 heteroatoms. The van der Waals surface area contributed by atoms with Gasteiger partial charge in [0.1, 0.15) is 5.82 Å². The van der Waals surface area contributed by atoms with E-state index in [0.717, 1.165) is 10.6 Å². The summed E-state index contributed by atoms with van der Waals surface area (Å²) in [5.41, 5.74) is 1.70. The molecule has 4 rings (SSSR count). The van der Waals surface area contributed by atoms with Gasteiger partial charge in [0, 0.05) is 18.8 Å². The van der Waals surface area contributed by atoms with Gasteiger partial charge in [-0.15, -0.1) is 11.3 Å². The highest BCUT2D eigenvalue weighted by Gasteiger charge is 2.20. The molecule has 0 aliphatic heterocycles. The van der Waals surface area contributed by atoms with Gasteiger partial charge in [0.2, 0.25) is 15.8 Å². The Bertz CT molecular complexity index is 1330. The van der Waals surface area contributed by atoms with Crippen LogP contribution in [0.2, 0.25) is 0 Å². The van der Waals surface area contributed by atoms with Crippen LogP contribution in [0.25, 0.3) is 16.9 Å². The minimum Gasteiger partial charge on any atom is -0.287 e. The van der Waals surface area contributed by atoms with Gasteiger partial charge in [-0.3, -0.25) is 9.10 Å². The number of anilines is 1. The second-order valence-corrected chi connectivity index (χ2v) is 9.29. The average molecular weight is 430 g/mol. The standard InChI is InChI=1S/C19H15FN4O3S2/c1-23(29(2,26)27)16-10-12(5-6-14(16)20)15-7-8-21-19-13(11-22-24(15)19)18(25)17-4-3-9-28-17/h3-11H,1-2H3. The number of ketones is 1. The molecule has 0 aliphatic rings. The maximum atomic E-state index is 14.3. The summed E-state index contributed by atoms with van der Waals surface area (Å²) in [5, 5.41) is 6.10. The van der Waals surface area contributed by atoms with Crippen molar-refractivity contribution in [3.63, 3.8) is 0 Å². The summed E-state index contributed by atoms with van der Waals surface area (Å²) in [6.07, 6.45) is 3.97. The highest BCUT2D eigenvalue weighted by Crippen LogP contribution is 2.29. The molecule has 29 heavy (non-hydrogen) atoms. The lowest BCUT2D eigenvalue weighted by Gasteiger charge is -2.18. The molecular weight excluding hydrogens is 415 g/mol. The average Bonchev–Trinajstić information content (AvgIpc) is 3.36. The van der Waals surface area contributed by atoms with E-state index in [0.29, 0.717) is 27.3 Å². The molecule has 0 amide bonds. The minimum absolute atomic E-state index is 0.0861. The molecule has 0 radical (unpaired) electrons. The van der Waals surface area contributed by atoms with Crippen molar-refractivity contribution in [2.75, 3.05) is 17.6 Å². The van der Waals surface area contributed by atoms with Crippen molar-refractivity contribution >= 4 is 38.5 Å². The molecule has 0 aliphatic carbocycles. The number of thiophene rings is 1. The summed E-state index contributed by atoms with van der Waals surface area (Å²) in [4.78, 5) is 17.6. The number of carbonyl (C=O) groups excluding carboxylic acids is 1. The van der Waals surface area contributed by atoms with Crippen molar-refractivity contribution in [3.05, 3.63) is 70.4 Å². The van der Waals surface area contributed by atoms with Crippen molar-refractivity contribution in [1.29, 1.82) is 0 Å². The fraction of sp³-hybridized carbons (Fsp3) is 0.105. The van der Waals surface area contributed by atoms with E-state index in [4.69, 9.17) is 0 Å². The Labute approximate surface area is 170 Å². The Morgan fingerprint density at radius 1 is 1.24 bits per heavy atom. The van der Waals surface area contributed by atoms with Gasteiger partial charge in [-0.2, -0.15) is 5.10 Å². The molecule has 0 atom stereocenters. The van der Waals surface area contributed by atoms with Crippen LogP contribution >= 0.6 is 11.3 Å². The van der Waals surface area contributed by atoms with Gasteiger partial charge in [0.05, 0.1) is 34.3 Å². The molecule has 0 unspecified atom stereocenters. The Hall–Kier alpha value is -3.11. The van der Waals surface area contributed by atoms with Gasteiger partial charge in [-0.05, 0) is 35.7 Å². The van der Waals surface area contributed by atoms with Crippen LogP contribution < -0.4 is 4.31 Å². The van der Waals surface area contributed by atoms with Crippen molar-refractivity contribution in [2.45, 2.75) is 0 Å². The number of hydrogen-bond acceptors (Lipinski definition) is 6. The topological polar surface area (TPSA) is 84.6 Å². The normalized spacial score (nSPS) is 11.7. The number of benzene rings is 1. The fourth-order valence-corrected chi connectivity index (χ4v) is 4.08. The van der Waals surface area contributed by atoms with Gasteiger partial charge in [0.15, 0.2) is 5.65 Å².